The lowest BCUT2D eigenvalue weighted by Gasteiger charge is -2.04. The maximum Gasteiger partial charge on any atom is 0.291 e. The van der Waals surface area contributed by atoms with Crippen LogP contribution in [0.2, 0.25) is 5.02 Å². The van der Waals surface area contributed by atoms with Gasteiger partial charge in [0.1, 0.15) is 11.6 Å². The zero-order chi connectivity index (χ0) is 18.0. The highest BCUT2D eigenvalue weighted by Crippen LogP contribution is 2.26. The van der Waals surface area contributed by atoms with Gasteiger partial charge in [0.05, 0.1) is 10.6 Å². The molecule has 3 rings (SSSR count). The molecule has 0 aliphatic carbocycles. The summed E-state index contributed by atoms with van der Waals surface area (Å²) in [4.78, 5) is 22.3. The Balaban J connectivity index is 1.83. The van der Waals surface area contributed by atoms with E-state index in [1.165, 1.54) is 6.07 Å². The minimum Gasteiger partial charge on any atom is -0.451 e. The molecule has 0 unspecified atom stereocenters. The predicted molar refractivity (Wildman–Crippen MR) is 90.2 cm³/mol. The van der Waals surface area contributed by atoms with Gasteiger partial charge >= 0.3 is 0 Å². The average Bonchev–Trinajstić information content (AvgIpc) is 3.07. The predicted octanol–water partition coefficient (Wildman–Crippen LogP) is 4.90. The lowest BCUT2D eigenvalue weighted by Crippen LogP contribution is -2.12. The second-order valence-electron chi connectivity index (χ2n) is 5.05. The van der Waals surface area contributed by atoms with E-state index in [1.54, 1.807) is 30.3 Å². The molecule has 0 spiro atoms. The topological polar surface area (TPSA) is 85.4 Å². The number of nitro benzene ring substituents is 1. The standard InChI is InChI=1S/C17H10ClFN2O4/c18-11-3-1-2-10(8-11)15-6-7-16(25-15)17(22)20-14-9-12(21(23)24)4-5-13(14)19/h1-9H,(H,20,22). The van der Waals surface area contributed by atoms with Crippen molar-refractivity contribution in [1.82, 2.24) is 0 Å². The number of hydrogen-bond acceptors (Lipinski definition) is 4. The first-order valence-electron chi connectivity index (χ1n) is 7.05. The number of hydrogen-bond donors (Lipinski definition) is 1. The quantitative estimate of drug-likeness (QED) is 0.529. The first kappa shape index (κ1) is 16.7. The normalized spacial score (nSPS) is 10.5. The van der Waals surface area contributed by atoms with Crippen LogP contribution in [0.25, 0.3) is 11.3 Å². The van der Waals surface area contributed by atoms with Gasteiger partial charge in [-0.2, -0.15) is 0 Å². The third-order valence-corrected chi connectivity index (χ3v) is 3.58. The third-order valence-electron chi connectivity index (χ3n) is 3.35. The van der Waals surface area contributed by atoms with Crippen molar-refractivity contribution in [1.29, 1.82) is 0 Å². The van der Waals surface area contributed by atoms with Crippen molar-refractivity contribution in [2.75, 3.05) is 5.32 Å². The molecule has 0 aliphatic heterocycles. The maximum atomic E-state index is 13.7. The van der Waals surface area contributed by atoms with Crippen LogP contribution in [0.3, 0.4) is 0 Å². The molecule has 0 aliphatic rings. The molecule has 0 saturated heterocycles. The molecule has 0 saturated carbocycles. The second kappa shape index (κ2) is 6.74. The van der Waals surface area contributed by atoms with E-state index in [1.807, 2.05) is 0 Å². The summed E-state index contributed by atoms with van der Waals surface area (Å²) < 4.78 is 19.2. The van der Waals surface area contributed by atoms with Gasteiger partial charge in [-0.25, -0.2) is 4.39 Å². The fourth-order valence-electron chi connectivity index (χ4n) is 2.16. The van der Waals surface area contributed by atoms with Gasteiger partial charge in [0.25, 0.3) is 11.6 Å². The molecule has 0 bridgehead atoms. The minimum absolute atomic E-state index is 0.0686. The summed E-state index contributed by atoms with van der Waals surface area (Å²) in [5.41, 5.74) is 0.0312. The van der Waals surface area contributed by atoms with Gasteiger partial charge in [-0.1, -0.05) is 23.7 Å². The van der Waals surface area contributed by atoms with E-state index < -0.39 is 16.6 Å². The lowest BCUT2D eigenvalue weighted by atomic mass is 10.2. The van der Waals surface area contributed by atoms with Crippen molar-refractivity contribution >= 4 is 28.9 Å². The summed E-state index contributed by atoms with van der Waals surface area (Å²) >= 11 is 5.91. The lowest BCUT2D eigenvalue weighted by molar-refractivity contribution is -0.384. The van der Waals surface area contributed by atoms with Crippen molar-refractivity contribution in [3.8, 4) is 11.3 Å². The number of halogens is 2. The smallest absolute Gasteiger partial charge is 0.291 e. The van der Waals surface area contributed by atoms with Crippen molar-refractivity contribution in [3.63, 3.8) is 0 Å². The molecule has 6 nitrogen and oxygen atoms in total. The van der Waals surface area contributed by atoms with Gasteiger partial charge < -0.3 is 9.73 Å². The van der Waals surface area contributed by atoms with Gasteiger partial charge in [-0.15, -0.1) is 0 Å². The van der Waals surface area contributed by atoms with Crippen LogP contribution >= 0.6 is 11.6 Å². The molecular formula is C17H10ClFN2O4. The van der Waals surface area contributed by atoms with Crippen LogP contribution in [-0.4, -0.2) is 10.8 Å². The zero-order valence-corrected chi connectivity index (χ0v) is 13.3. The number of rotatable bonds is 4. The average molecular weight is 361 g/mol. The fraction of sp³-hybridized carbons (Fsp3) is 0. The summed E-state index contributed by atoms with van der Waals surface area (Å²) in [6, 6.07) is 12.7. The van der Waals surface area contributed by atoms with Crippen LogP contribution in [-0.2, 0) is 0 Å². The monoisotopic (exact) mass is 360 g/mol. The number of nitrogens with one attached hydrogen (secondary N) is 1. The Bertz CT molecular complexity index is 971. The maximum absolute atomic E-state index is 13.7. The van der Waals surface area contributed by atoms with Crippen LogP contribution in [0.4, 0.5) is 15.8 Å². The van der Waals surface area contributed by atoms with Crippen molar-refractivity contribution in [3.05, 3.63) is 81.3 Å². The van der Waals surface area contributed by atoms with Crippen LogP contribution in [0.1, 0.15) is 10.6 Å². The van der Waals surface area contributed by atoms with Gasteiger partial charge in [-0.05, 0) is 30.3 Å². The summed E-state index contributed by atoms with van der Waals surface area (Å²) in [6.07, 6.45) is 0. The summed E-state index contributed by atoms with van der Waals surface area (Å²) in [7, 11) is 0. The number of carbonyl (C=O) groups is 1. The van der Waals surface area contributed by atoms with Gasteiger partial charge in [0.15, 0.2) is 5.76 Å². The molecule has 126 valence electrons. The summed E-state index contributed by atoms with van der Waals surface area (Å²) in [6.45, 7) is 0. The third kappa shape index (κ3) is 3.67. The molecule has 1 aromatic heterocycles. The van der Waals surface area contributed by atoms with Crippen LogP contribution in [0.5, 0.6) is 0 Å². The molecular weight excluding hydrogens is 351 g/mol. The van der Waals surface area contributed by atoms with E-state index in [4.69, 9.17) is 16.0 Å². The Morgan fingerprint density at radius 2 is 1.96 bits per heavy atom. The van der Waals surface area contributed by atoms with Gasteiger partial charge in [0, 0.05) is 22.7 Å². The Morgan fingerprint density at radius 3 is 2.68 bits per heavy atom. The Kier molecular flexibility index (Phi) is 4.49. The Morgan fingerprint density at radius 1 is 1.16 bits per heavy atom. The van der Waals surface area contributed by atoms with E-state index in [2.05, 4.69) is 5.32 Å². The molecule has 0 atom stereocenters. The van der Waals surface area contributed by atoms with E-state index in [-0.39, 0.29) is 17.1 Å². The second-order valence-corrected chi connectivity index (χ2v) is 5.49. The number of amides is 1. The highest BCUT2D eigenvalue weighted by Gasteiger charge is 2.17. The van der Waals surface area contributed by atoms with E-state index >= 15 is 0 Å². The molecule has 3 aromatic rings. The number of furan rings is 1. The highest BCUT2D eigenvalue weighted by atomic mass is 35.5. The van der Waals surface area contributed by atoms with Gasteiger partial charge in [0.2, 0.25) is 0 Å². The highest BCUT2D eigenvalue weighted by molar-refractivity contribution is 6.30. The Hall–Kier alpha value is -3.19. The fourth-order valence-corrected chi connectivity index (χ4v) is 2.35. The molecule has 1 heterocycles. The first-order chi connectivity index (χ1) is 11.9. The van der Waals surface area contributed by atoms with E-state index in [0.29, 0.717) is 16.3 Å². The first-order valence-corrected chi connectivity index (χ1v) is 7.43. The van der Waals surface area contributed by atoms with Crippen LogP contribution < -0.4 is 5.32 Å². The Labute approximate surface area is 146 Å². The molecule has 1 N–H and O–H groups in total. The number of carbonyl (C=O) groups excluding carboxylic acids is 1. The minimum atomic E-state index is -0.791. The van der Waals surface area contributed by atoms with Crippen molar-refractivity contribution in [2.24, 2.45) is 0 Å². The molecule has 25 heavy (non-hydrogen) atoms. The van der Waals surface area contributed by atoms with Gasteiger partial charge in [-0.3, -0.25) is 14.9 Å². The molecule has 0 fully saturated rings. The van der Waals surface area contributed by atoms with Crippen LogP contribution in [0.15, 0.2) is 59.0 Å². The zero-order valence-electron chi connectivity index (χ0n) is 12.5. The number of nitro groups is 1. The van der Waals surface area contributed by atoms with E-state index in [0.717, 1.165) is 18.2 Å². The SMILES string of the molecule is O=C(Nc1cc([N+](=O)[O-])ccc1F)c1ccc(-c2cccc(Cl)c2)o1. The van der Waals surface area contributed by atoms with Crippen LogP contribution in [0, 0.1) is 15.9 Å². The molecule has 1 amide bonds. The number of benzene rings is 2. The summed E-state index contributed by atoms with van der Waals surface area (Å²) in [5.74, 6) is -1.18. The van der Waals surface area contributed by atoms with Crippen molar-refractivity contribution in [2.45, 2.75) is 0 Å². The van der Waals surface area contributed by atoms with E-state index in [9.17, 15) is 19.3 Å². The largest absolute Gasteiger partial charge is 0.451 e. The number of non-ortho nitro benzene ring substituents is 1. The molecule has 8 heteroatoms. The number of nitrogens with zero attached hydrogens (tertiary/aromatic N) is 1. The molecule has 2 aromatic carbocycles. The number of anilines is 1. The molecule has 0 radical (unpaired) electrons. The summed E-state index contributed by atoms with van der Waals surface area (Å²) in [5, 5.41) is 13.5. The van der Waals surface area contributed by atoms with Crippen molar-refractivity contribution < 1.29 is 18.5 Å².